The molecular formula is C13H21N5O2. The minimum atomic E-state index is -0.271. The molecule has 1 fully saturated rings. The first kappa shape index (κ1) is 14.5. The molecule has 0 aliphatic carbocycles. The van der Waals surface area contributed by atoms with Gasteiger partial charge in [0.05, 0.1) is 5.92 Å². The fraction of sp³-hybridized carbons (Fsp3) is 0.615. The number of nitrogen functional groups attached to an aromatic ring is 1. The van der Waals surface area contributed by atoms with Crippen molar-refractivity contribution in [1.82, 2.24) is 20.2 Å². The van der Waals surface area contributed by atoms with Crippen LogP contribution in [0.5, 0.6) is 0 Å². The summed E-state index contributed by atoms with van der Waals surface area (Å²) in [6.07, 6.45) is 2.46. The molecular weight excluding hydrogens is 258 g/mol. The predicted octanol–water partition coefficient (Wildman–Crippen LogP) is -0.647. The second-order valence-corrected chi connectivity index (χ2v) is 5.26. The van der Waals surface area contributed by atoms with Crippen LogP contribution in [-0.4, -0.2) is 47.5 Å². The molecule has 1 atom stereocenters. The van der Waals surface area contributed by atoms with Gasteiger partial charge in [-0.15, -0.1) is 0 Å². The van der Waals surface area contributed by atoms with Crippen molar-refractivity contribution in [3.8, 4) is 0 Å². The topological polar surface area (TPSA) is 104 Å². The summed E-state index contributed by atoms with van der Waals surface area (Å²) >= 11 is 0. The summed E-state index contributed by atoms with van der Waals surface area (Å²) in [7, 11) is 2.03. The Balaban J connectivity index is 1.80. The number of likely N-dealkylation sites (tertiary alicyclic amines) is 1. The van der Waals surface area contributed by atoms with Gasteiger partial charge in [-0.05, 0) is 26.4 Å². The average molecular weight is 279 g/mol. The summed E-state index contributed by atoms with van der Waals surface area (Å²) in [5.74, 6) is 0.824. The minimum Gasteiger partial charge on any atom is -0.383 e. The van der Waals surface area contributed by atoms with E-state index in [0.29, 0.717) is 18.8 Å². The number of H-pyrrole nitrogens is 1. The molecule has 7 nitrogen and oxygen atoms in total. The summed E-state index contributed by atoms with van der Waals surface area (Å²) < 4.78 is 0. The van der Waals surface area contributed by atoms with Crippen molar-refractivity contribution >= 4 is 11.7 Å². The molecule has 4 N–H and O–H groups in total. The molecule has 0 saturated carbocycles. The van der Waals surface area contributed by atoms with Gasteiger partial charge in [0, 0.05) is 25.6 Å². The Hall–Kier alpha value is -1.89. The van der Waals surface area contributed by atoms with Gasteiger partial charge in [0.25, 0.3) is 5.56 Å². The average Bonchev–Trinajstić information content (AvgIpc) is 2.37. The van der Waals surface area contributed by atoms with Crippen LogP contribution in [0.3, 0.4) is 0 Å². The maximum absolute atomic E-state index is 12.0. The van der Waals surface area contributed by atoms with Crippen molar-refractivity contribution in [3.63, 3.8) is 0 Å². The lowest BCUT2D eigenvalue weighted by atomic mass is 9.97. The molecule has 2 heterocycles. The van der Waals surface area contributed by atoms with Crippen molar-refractivity contribution in [2.24, 2.45) is 5.92 Å². The van der Waals surface area contributed by atoms with E-state index in [-0.39, 0.29) is 23.2 Å². The predicted molar refractivity (Wildman–Crippen MR) is 76.2 cm³/mol. The van der Waals surface area contributed by atoms with Crippen molar-refractivity contribution in [1.29, 1.82) is 0 Å². The normalized spacial score (nSPS) is 19.8. The highest BCUT2D eigenvalue weighted by Gasteiger charge is 2.23. The Labute approximate surface area is 117 Å². The third kappa shape index (κ3) is 4.06. The summed E-state index contributed by atoms with van der Waals surface area (Å²) in [5.41, 5.74) is 5.23. The molecule has 1 saturated heterocycles. The Kier molecular flexibility index (Phi) is 4.73. The molecule has 1 aliphatic rings. The molecule has 0 bridgehead atoms. The standard InChI is InChI=1S/C13H21N5O2/c1-18-6-2-3-9(8-18)13(20)15-5-4-11-16-10(14)7-12(19)17-11/h7,9H,2-6,8H2,1H3,(H,15,20)(H3,14,16,17,19)/t9-/m1/s1. The number of hydrogen-bond donors (Lipinski definition) is 3. The van der Waals surface area contributed by atoms with Crippen LogP contribution in [-0.2, 0) is 11.2 Å². The zero-order chi connectivity index (χ0) is 14.5. The van der Waals surface area contributed by atoms with E-state index in [1.165, 1.54) is 6.07 Å². The lowest BCUT2D eigenvalue weighted by Crippen LogP contribution is -2.42. The molecule has 2 rings (SSSR count). The molecule has 110 valence electrons. The first-order valence-corrected chi connectivity index (χ1v) is 6.86. The molecule has 20 heavy (non-hydrogen) atoms. The van der Waals surface area contributed by atoms with E-state index in [4.69, 9.17) is 5.73 Å². The van der Waals surface area contributed by atoms with E-state index in [0.717, 1.165) is 25.9 Å². The molecule has 1 aromatic heterocycles. The van der Waals surface area contributed by atoms with Crippen LogP contribution in [0.25, 0.3) is 0 Å². The number of carbonyl (C=O) groups is 1. The monoisotopic (exact) mass is 279 g/mol. The van der Waals surface area contributed by atoms with Gasteiger partial charge < -0.3 is 20.9 Å². The molecule has 0 aromatic carbocycles. The van der Waals surface area contributed by atoms with Gasteiger partial charge in [0.15, 0.2) is 0 Å². The Morgan fingerprint density at radius 2 is 2.45 bits per heavy atom. The molecule has 0 radical (unpaired) electrons. The fourth-order valence-corrected chi connectivity index (χ4v) is 2.48. The number of nitrogens with two attached hydrogens (primary N) is 1. The second-order valence-electron chi connectivity index (χ2n) is 5.26. The number of aromatic nitrogens is 2. The lowest BCUT2D eigenvalue weighted by molar-refractivity contribution is -0.126. The summed E-state index contributed by atoms with van der Waals surface area (Å²) in [5, 5.41) is 2.89. The Bertz CT molecular complexity index is 528. The highest BCUT2D eigenvalue weighted by atomic mass is 16.2. The van der Waals surface area contributed by atoms with Gasteiger partial charge in [-0.2, -0.15) is 0 Å². The van der Waals surface area contributed by atoms with Crippen LogP contribution in [0.15, 0.2) is 10.9 Å². The van der Waals surface area contributed by atoms with E-state index in [1.54, 1.807) is 0 Å². The summed E-state index contributed by atoms with van der Waals surface area (Å²) in [4.78, 5) is 32.0. The van der Waals surface area contributed by atoms with E-state index in [1.807, 2.05) is 7.05 Å². The van der Waals surface area contributed by atoms with Gasteiger partial charge in [-0.25, -0.2) is 4.98 Å². The zero-order valence-electron chi connectivity index (χ0n) is 11.7. The van der Waals surface area contributed by atoms with E-state index in [9.17, 15) is 9.59 Å². The van der Waals surface area contributed by atoms with Crippen LogP contribution in [0.1, 0.15) is 18.7 Å². The molecule has 1 amide bonds. The molecule has 1 aliphatic heterocycles. The number of anilines is 1. The van der Waals surface area contributed by atoms with Crippen molar-refractivity contribution < 1.29 is 4.79 Å². The summed E-state index contributed by atoms with van der Waals surface area (Å²) in [6, 6.07) is 1.24. The number of nitrogens with zero attached hydrogens (tertiary/aromatic N) is 2. The highest BCUT2D eigenvalue weighted by molar-refractivity contribution is 5.78. The van der Waals surface area contributed by atoms with E-state index < -0.39 is 0 Å². The number of rotatable bonds is 4. The smallest absolute Gasteiger partial charge is 0.252 e. The number of nitrogens with one attached hydrogen (secondary N) is 2. The second kappa shape index (κ2) is 6.51. The number of hydrogen-bond acceptors (Lipinski definition) is 5. The van der Waals surface area contributed by atoms with Gasteiger partial charge >= 0.3 is 0 Å². The lowest BCUT2D eigenvalue weighted by Gasteiger charge is -2.28. The van der Waals surface area contributed by atoms with Gasteiger partial charge in [-0.3, -0.25) is 9.59 Å². The Morgan fingerprint density at radius 3 is 3.15 bits per heavy atom. The zero-order valence-corrected chi connectivity index (χ0v) is 11.7. The maximum Gasteiger partial charge on any atom is 0.252 e. The minimum absolute atomic E-state index is 0.0570. The van der Waals surface area contributed by atoms with Crippen molar-refractivity contribution in [3.05, 3.63) is 22.2 Å². The van der Waals surface area contributed by atoms with Crippen LogP contribution in [0, 0.1) is 5.92 Å². The first-order chi connectivity index (χ1) is 9.54. The number of amides is 1. The van der Waals surface area contributed by atoms with E-state index >= 15 is 0 Å². The number of piperidine rings is 1. The first-order valence-electron chi connectivity index (χ1n) is 6.86. The molecule has 0 unspecified atom stereocenters. The summed E-state index contributed by atoms with van der Waals surface area (Å²) in [6.45, 7) is 2.31. The fourth-order valence-electron chi connectivity index (χ4n) is 2.48. The number of carbonyl (C=O) groups excluding carboxylic acids is 1. The molecule has 7 heteroatoms. The van der Waals surface area contributed by atoms with Gasteiger partial charge in [0.2, 0.25) is 5.91 Å². The molecule has 1 aromatic rings. The largest absolute Gasteiger partial charge is 0.383 e. The SMILES string of the molecule is CN1CCC[C@@H](C(=O)NCCc2nc(N)cc(=O)[nH]2)C1. The maximum atomic E-state index is 12.0. The van der Waals surface area contributed by atoms with Crippen LogP contribution in [0.4, 0.5) is 5.82 Å². The van der Waals surface area contributed by atoms with E-state index in [2.05, 4.69) is 20.2 Å². The van der Waals surface area contributed by atoms with Crippen LogP contribution < -0.4 is 16.6 Å². The highest BCUT2D eigenvalue weighted by Crippen LogP contribution is 2.14. The number of aromatic amines is 1. The van der Waals surface area contributed by atoms with Crippen LogP contribution in [0.2, 0.25) is 0 Å². The third-order valence-corrected chi connectivity index (χ3v) is 3.47. The Morgan fingerprint density at radius 1 is 1.65 bits per heavy atom. The quantitative estimate of drug-likeness (QED) is 0.679. The molecule has 0 spiro atoms. The van der Waals surface area contributed by atoms with Crippen molar-refractivity contribution in [2.45, 2.75) is 19.3 Å². The van der Waals surface area contributed by atoms with Gasteiger partial charge in [0.1, 0.15) is 11.6 Å². The van der Waals surface area contributed by atoms with Gasteiger partial charge in [-0.1, -0.05) is 0 Å². The van der Waals surface area contributed by atoms with Crippen molar-refractivity contribution in [2.75, 3.05) is 32.4 Å². The van der Waals surface area contributed by atoms with Crippen LogP contribution >= 0.6 is 0 Å². The third-order valence-electron chi connectivity index (χ3n) is 3.47.